The lowest BCUT2D eigenvalue weighted by atomic mass is 10.2. The highest BCUT2D eigenvalue weighted by molar-refractivity contribution is 5.40. The number of ether oxygens (including phenoxy) is 1. The van der Waals surface area contributed by atoms with Crippen LogP contribution in [0.1, 0.15) is 11.1 Å². The molecule has 96 valence electrons. The molecule has 2 aromatic carbocycles. The lowest BCUT2D eigenvalue weighted by Crippen LogP contribution is -1.95. The Bertz CT molecular complexity index is 609. The maximum absolute atomic E-state index is 9.35. The van der Waals surface area contributed by atoms with Crippen LogP contribution in [0.15, 0.2) is 48.5 Å². The Morgan fingerprint density at radius 1 is 1.05 bits per heavy atom. The Hall–Kier alpha value is -2.44. The van der Waals surface area contributed by atoms with Crippen molar-refractivity contribution in [3.8, 4) is 23.3 Å². The van der Waals surface area contributed by atoms with Crippen molar-refractivity contribution in [3.63, 3.8) is 0 Å². The molecule has 0 spiro atoms. The summed E-state index contributed by atoms with van der Waals surface area (Å²) in [6, 6.07) is 14.3. The van der Waals surface area contributed by atoms with Crippen molar-refractivity contribution >= 4 is 0 Å². The van der Waals surface area contributed by atoms with E-state index in [1.807, 2.05) is 30.3 Å². The molecule has 0 aliphatic carbocycles. The van der Waals surface area contributed by atoms with Gasteiger partial charge < -0.3 is 14.9 Å². The molecule has 0 aromatic heterocycles. The summed E-state index contributed by atoms with van der Waals surface area (Å²) < 4.78 is 5.63. The summed E-state index contributed by atoms with van der Waals surface area (Å²) >= 11 is 0. The number of rotatable bonds is 3. The SMILES string of the molecule is OCC#Cc1cccc(OCc2cccc(O)c2)c1. The van der Waals surface area contributed by atoms with Crippen LogP contribution < -0.4 is 4.74 Å². The average molecular weight is 254 g/mol. The highest BCUT2D eigenvalue weighted by Gasteiger charge is 1.98. The van der Waals surface area contributed by atoms with Gasteiger partial charge in [0.05, 0.1) is 0 Å². The number of aliphatic hydroxyl groups is 1. The first-order valence-corrected chi connectivity index (χ1v) is 5.88. The van der Waals surface area contributed by atoms with Gasteiger partial charge in [0.15, 0.2) is 0 Å². The zero-order valence-corrected chi connectivity index (χ0v) is 10.3. The van der Waals surface area contributed by atoms with Crippen LogP contribution in [0.5, 0.6) is 11.5 Å². The van der Waals surface area contributed by atoms with Crippen molar-refractivity contribution in [2.45, 2.75) is 6.61 Å². The van der Waals surface area contributed by atoms with Gasteiger partial charge >= 0.3 is 0 Å². The first-order valence-electron chi connectivity index (χ1n) is 5.88. The topological polar surface area (TPSA) is 49.7 Å². The first kappa shape index (κ1) is 13.0. The maximum atomic E-state index is 9.35. The number of aromatic hydroxyl groups is 1. The Morgan fingerprint density at radius 2 is 1.89 bits per heavy atom. The minimum absolute atomic E-state index is 0.158. The third-order valence-corrected chi connectivity index (χ3v) is 2.46. The van der Waals surface area contributed by atoms with E-state index in [2.05, 4.69) is 11.8 Å². The summed E-state index contributed by atoms with van der Waals surface area (Å²) in [5, 5.41) is 18.0. The molecule has 0 bridgehead atoms. The molecule has 0 amide bonds. The second-order valence-corrected chi connectivity index (χ2v) is 3.95. The molecule has 0 saturated heterocycles. The fraction of sp³-hybridized carbons (Fsp3) is 0.125. The second-order valence-electron chi connectivity index (χ2n) is 3.95. The van der Waals surface area contributed by atoms with Crippen molar-refractivity contribution < 1.29 is 14.9 Å². The van der Waals surface area contributed by atoms with Crippen molar-refractivity contribution in [2.24, 2.45) is 0 Å². The van der Waals surface area contributed by atoms with E-state index in [0.717, 1.165) is 11.1 Å². The van der Waals surface area contributed by atoms with Gasteiger partial charge in [-0.1, -0.05) is 30.0 Å². The number of benzene rings is 2. The van der Waals surface area contributed by atoms with Gasteiger partial charge in [0.25, 0.3) is 0 Å². The molecule has 0 unspecified atom stereocenters. The van der Waals surface area contributed by atoms with Gasteiger partial charge in [-0.3, -0.25) is 0 Å². The first-order chi connectivity index (χ1) is 9.28. The van der Waals surface area contributed by atoms with E-state index in [1.54, 1.807) is 18.2 Å². The molecule has 2 N–H and O–H groups in total. The van der Waals surface area contributed by atoms with Crippen LogP contribution in [0.3, 0.4) is 0 Å². The minimum Gasteiger partial charge on any atom is -0.508 e. The van der Waals surface area contributed by atoms with Crippen LogP contribution in [0.4, 0.5) is 0 Å². The van der Waals surface area contributed by atoms with E-state index in [4.69, 9.17) is 9.84 Å². The van der Waals surface area contributed by atoms with Crippen LogP contribution >= 0.6 is 0 Å². The third-order valence-electron chi connectivity index (χ3n) is 2.46. The van der Waals surface area contributed by atoms with Gasteiger partial charge in [0.2, 0.25) is 0 Å². The Balaban J connectivity index is 2.03. The number of phenols is 1. The quantitative estimate of drug-likeness (QED) is 0.826. The van der Waals surface area contributed by atoms with E-state index < -0.39 is 0 Å². The summed E-state index contributed by atoms with van der Waals surface area (Å²) in [6.07, 6.45) is 0. The van der Waals surface area contributed by atoms with Crippen LogP contribution in [0.2, 0.25) is 0 Å². The molecule has 19 heavy (non-hydrogen) atoms. The van der Waals surface area contributed by atoms with Crippen molar-refractivity contribution in [1.29, 1.82) is 0 Å². The van der Waals surface area contributed by atoms with Gasteiger partial charge in [-0.25, -0.2) is 0 Å². The van der Waals surface area contributed by atoms with Gasteiger partial charge in [-0.05, 0) is 35.9 Å². The maximum Gasteiger partial charge on any atom is 0.121 e. The Labute approximate surface area is 112 Å². The normalized spacial score (nSPS) is 9.53. The Morgan fingerprint density at radius 3 is 2.68 bits per heavy atom. The number of phenolic OH excluding ortho intramolecular Hbond substituents is 1. The predicted octanol–water partition coefficient (Wildman–Crippen LogP) is 2.31. The molecule has 2 rings (SSSR count). The molecule has 0 fully saturated rings. The molecule has 3 nitrogen and oxygen atoms in total. The molecular formula is C16H14O3. The molecule has 0 radical (unpaired) electrons. The number of aliphatic hydroxyl groups excluding tert-OH is 1. The monoisotopic (exact) mass is 254 g/mol. The zero-order valence-electron chi connectivity index (χ0n) is 10.3. The van der Waals surface area contributed by atoms with Crippen molar-refractivity contribution in [2.75, 3.05) is 6.61 Å². The van der Waals surface area contributed by atoms with Crippen molar-refractivity contribution in [3.05, 3.63) is 59.7 Å². The van der Waals surface area contributed by atoms with Crippen LogP contribution in [-0.4, -0.2) is 16.8 Å². The molecular weight excluding hydrogens is 240 g/mol. The molecule has 0 heterocycles. The highest BCUT2D eigenvalue weighted by Crippen LogP contribution is 2.16. The fourth-order valence-electron chi connectivity index (χ4n) is 1.62. The van der Waals surface area contributed by atoms with E-state index >= 15 is 0 Å². The number of hydrogen-bond acceptors (Lipinski definition) is 3. The molecule has 0 saturated carbocycles. The van der Waals surface area contributed by atoms with E-state index in [1.165, 1.54) is 0 Å². The Kier molecular flexibility index (Phi) is 4.44. The summed E-state index contributed by atoms with van der Waals surface area (Å²) in [6.45, 7) is 0.222. The number of hydrogen-bond donors (Lipinski definition) is 2. The molecule has 2 aromatic rings. The summed E-state index contributed by atoms with van der Waals surface area (Å²) in [5.74, 6) is 6.34. The predicted molar refractivity (Wildman–Crippen MR) is 72.8 cm³/mol. The third kappa shape index (κ3) is 4.06. The molecule has 0 aliphatic rings. The van der Waals surface area contributed by atoms with Crippen molar-refractivity contribution in [1.82, 2.24) is 0 Å². The lowest BCUT2D eigenvalue weighted by molar-refractivity contribution is 0.305. The van der Waals surface area contributed by atoms with Gasteiger partial charge in [0.1, 0.15) is 24.7 Å². The standard InChI is InChI=1S/C16H14O3/c17-9-3-6-13-4-2-8-16(11-13)19-12-14-5-1-7-15(18)10-14/h1-2,4-5,7-8,10-11,17-18H,9,12H2. The second kappa shape index (κ2) is 6.48. The summed E-state index contributed by atoms with van der Waals surface area (Å²) in [7, 11) is 0. The lowest BCUT2D eigenvalue weighted by Gasteiger charge is -2.06. The largest absolute Gasteiger partial charge is 0.508 e. The van der Waals surface area contributed by atoms with E-state index in [0.29, 0.717) is 12.4 Å². The van der Waals surface area contributed by atoms with Gasteiger partial charge in [0, 0.05) is 5.56 Å². The van der Waals surface area contributed by atoms with E-state index in [-0.39, 0.29) is 12.4 Å². The molecule has 0 aliphatic heterocycles. The molecule has 3 heteroatoms. The minimum atomic E-state index is -0.158. The van der Waals surface area contributed by atoms with Crippen LogP contribution in [0, 0.1) is 11.8 Å². The summed E-state index contributed by atoms with van der Waals surface area (Å²) in [4.78, 5) is 0. The smallest absolute Gasteiger partial charge is 0.121 e. The van der Waals surface area contributed by atoms with Crippen LogP contribution in [0.25, 0.3) is 0 Å². The van der Waals surface area contributed by atoms with E-state index in [9.17, 15) is 5.11 Å². The van der Waals surface area contributed by atoms with Crippen LogP contribution in [-0.2, 0) is 6.61 Å². The fourth-order valence-corrected chi connectivity index (χ4v) is 1.62. The summed E-state index contributed by atoms with van der Waals surface area (Å²) in [5.41, 5.74) is 1.69. The highest BCUT2D eigenvalue weighted by atomic mass is 16.5. The van der Waals surface area contributed by atoms with Gasteiger partial charge in [-0.2, -0.15) is 0 Å². The zero-order chi connectivity index (χ0) is 13.5. The van der Waals surface area contributed by atoms with Gasteiger partial charge in [-0.15, -0.1) is 0 Å². The average Bonchev–Trinajstić information content (AvgIpc) is 2.43. The molecule has 0 atom stereocenters.